The summed E-state index contributed by atoms with van der Waals surface area (Å²) in [6.45, 7) is 0. The lowest BCUT2D eigenvalue weighted by Crippen LogP contribution is -2.31. The zero-order chi connectivity index (χ0) is 10.0. The van der Waals surface area contributed by atoms with Gasteiger partial charge in [0.15, 0.2) is 0 Å². The highest BCUT2D eigenvalue weighted by Gasteiger charge is 2.18. The molecule has 0 radical (unpaired) electrons. The second-order valence-electron chi connectivity index (χ2n) is 2.58. The maximum absolute atomic E-state index is 11.3. The van der Waals surface area contributed by atoms with Crippen LogP contribution in [0, 0.1) is 0 Å². The molecule has 0 aliphatic heterocycles. The minimum absolute atomic E-state index is 0.0162. The molecule has 0 aliphatic carbocycles. The molecule has 0 fully saturated rings. The highest BCUT2D eigenvalue weighted by atomic mass is 16.4. The Morgan fingerprint density at radius 3 is 2.92 bits per heavy atom. The zero-order valence-corrected chi connectivity index (χ0v) is 6.97. The van der Waals surface area contributed by atoms with E-state index in [1.165, 1.54) is 24.1 Å². The Morgan fingerprint density at radius 2 is 2.38 bits per heavy atom. The first kappa shape index (κ1) is 9.40. The molecule has 6 heteroatoms. The van der Waals surface area contributed by atoms with Gasteiger partial charge in [-0.15, -0.1) is 0 Å². The molecule has 0 saturated heterocycles. The van der Waals surface area contributed by atoms with Crippen LogP contribution in [0.3, 0.4) is 0 Å². The first-order chi connectivity index (χ1) is 6.04. The Bertz CT molecular complexity index is 385. The summed E-state index contributed by atoms with van der Waals surface area (Å²) in [6, 6.07) is -1.31. The van der Waals surface area contributed by atoms with E-state index < -0.39 is 17.6 Å². The first-order valence-electron chi connectivity index (χ1n) is 3.53. The minimum Gasteiger partial charge on any atom is -0.480 e. The number of hydrogen-bond donors (Lipinski definition) is 2. The molecule has 13 heavy (non-hydrogen) atoms. The molecule has 1 unspecified atom stereocenters. The van der Waals surface area contributed by atoms with E-state index in [1.807, 2.05) is 0 Å². The number of aromatic nitrogens is 2. The smallest absolute Gasteiger partial charge is 0.325 e. The third kappa shape index (κ3) is 1.73. The highest BCUT2D eigenvalue weighted by molar-refractivity contribution is 5.74. The quantitative estimate of drug-likeness (QED) is 0.604. The number of rotatable bonds is 2. The summed E-state index contributed by atoms with van der Waals surface area (Å²) in [6.07, 6.45) is 2.46. The van der Waals surface area contributed by atoms with Crippen molar-refractivity contribution in [3.63, 3.8) is 0 Å². The largest absolute Gasteiger partial charge is 0.480 e. The Labute approximate surface area is 73.6 Å². The van der Waals surface area contributed by atoms with E-state index in [-0.39, 0.29) is 5.56 Å². The Balaban J connectivity index is 3.23. The number of carboxylic acids is 1. The third-order valence-electron chi connectivity index (χ3n) is 1.62. The topological polar surface area (TPSA) is 98.2 Å². The average molecular weight is 183 g/mol. The summed E-state index contributed by atoms with van der Waals surface area (Å²) < 4.78 is 1.18. The van der Waals surface area contributed by atoms with Gasteiger partial charge in [0.1, 0.15) is 6.04 Å². The SMILES string of the molecule is Cn1cncc(C(N)C(=O)O)c1=O. The number of carbonyl (C=O) groups is 1. The maximum Gasteiger partial charge on any atom is 0.325 e. The van der Waals surface area contributed by atoms with Gasteiger partial charge in [0.25, 0.3) is 5.56 Å². The Hall–Kier alpha value is -1.69. The molecule has 70 valence electrons. The summed E-state index contributed by atoms with van der Waals surface area (Å²) in [5.74, 6) is -1.25. The molecule has 0 aromatic carbocycles. The normalized spacial score (nSPS) is 12.5. The van der Waals surface area contributed by atoms with Gasteiger partial charge in [0, 0.05) is 13.2 Å². The van der Waals surface area contributed by atoms with Crippen LogP contribution in [-0.2, 0) is 11.8 Å². The molecule has 0 saturated carbocycles. The van der Waals surface area contributed by atoms with Crippen molar-refractivity contribution < 1.29 is 9.90 Å². The van der Waals surface area contributed by atoms with Crippen molar-refractivity contribution in [1.29, 1.82) is 0 Å². The van der Waals surface area contributed by atoms with Crippen molar-refractivity contribution in [3.05, 3.63) is 28.4 Å². The molecular formula is C7H9N3O3. The van der Waals surface area contributed by atoms with Crippen LogP contribution < -0.4 is 11.3 Å². The van der Waals surface area contributed by atoms with Gasteiger partial charge in [-0.25, -0.2) is 4.98 Å². The van der Waals surface area contributed by atoms with Crippen LogP contribution in [0.1, 0.15) is 11.6 Å². The van der Waals surface area contributed by atoms with Gasteiger partial charge in [-0.3, -0.25) is 9.59 Å². The molecule has 1 aromatic heterocycles. The van der Waals surface area contributed by atoms with Gasteiger partial charge in [-0.1, -0.05) is 0 Å². The number of aryl methyl sites for hydroxylation is 1. The monoisotopic (exact) mass is 183 g/mol. The molecule has 6 nitrogen and oxygen atoms in total. The molecule has 0 spiro atoms. The van der Waals surface area contributed by atoms with Crippen molar-refractivity contribution >= 4 is 5.97 Å². The van der Waals surface area contributed by atoms with Gasteiger partial charge < -0.3 is 15.4 Å². The predicted molar refractivity (Wildman–Crippen MR) is 44.0 cm³/mol. The van der Waals surface area contributed by atoms with Crippen molar-refractivity contribution in [2.75, 3.05) is 0 Å². The summed E-state index contributed by atoms with van der Waals surface area (Å²) in [4.78, 5) is 25.4. The van der Waals surface area contributed by atoms with Crippen LogP contribution in [0.2, 0.25) is 0 Å². The fourth-order valence-electron chi connectivity index (χ4n) is 0.871. The summed E-state index contributed by atoms with van der Waals surface area (Å²) in [5, 5.41) is 8.55. The summed E-state index contributed by atoms with van der Waals surface area (Å²) >= 11 is 0. The van der Waals surface area contributed by atoms with E-state index in [4.69, 9.17) is 10.8 Å². The predicted octanol–water partition coefficient (Wildman–Crippen LogP) is -1.14. The second kappa shape index (κ2) is 3.36. The third-order valence-corrected chi connectivity index (χ3v) is 1.62. The van der Waals surface area contributed by atoms with Gasteiger partial charge in [0.05, 0.1) is 11.9 Å². The second-order valence-corrected chi connectivity index (χ2v) is 2.58. The standard InChI is InChI=1S/C7H9N3O3/c1-10-3-9-2-4(6(10)11)5(8)7(12)13/h2-3,5H,8H2,1H3,(H,12,13). The Morgan fingerprint density at radius 1 is 1.77 bits per heavy atom. The van der Waals surface area contributed by atoms with E-state index in [0.29, 0.717) is 0 Å². The lowest BCUT2D eigenvalue weighted by Gasteiger charge is -2.05. The van der Waals surface area contributed by atoms with Gasteiger partial charge in [-0.2, -0.15) is 0 Å². The van der Waals surface area contributed by atoms with Crippen molar-refractivity contribution in [3.8, 4) is 0 Å². The molecular weight excluding hydrogens is 174 g/mol. The summed E-state index contributed by atoms with van der Waals surface area (Å²) in [5.41, 5.74) is 4.80. The van der Waals surface area contributed by atoms with Crippen molar-refractivity contribution in [2.24, 2.45) is 12.8 Å². The average Bonchev–Trinajstić information content (AvgIpc) is 2.08. The molecule has 3 N–H and O–H groups in total. The number of nitrogens with zero attached hydrogens (tertiary/aromatic N) is 2. The Kier molecular flexibility index (Phi) is 2.43. The van der Waals surface area contributed by atoms with Gasteiger partial charge >= 0.3 is 5.97 Å². The summed E-state index contributed by atoms with van der Waals surface area (Å²) in [7, 11) is 1.48. The van der Waals surface area contributed by atoms with Crippen LogP contribution >= 0.6 is 0 Å². The molecule has 1 rings (SSSR count). The van der Waals surface area contributed by atoms with E-state index in [0.717, 1.165) is 0 Å². The lowest BCUT2D eigenvalue weighted by molar-refractivity contribution is -0.138. The van der Waals surface area contributed by atoms with Gasteiger partial charge in [0.2, 0.25) is 0 Å². The zero-order valence-electron chi connectivity index (χ0n) is 6.97. The molecule has 1 aromatic rings. The molecule has 1 heterocycles. The van der Waals surface area contributed by atoms with E-state index >= 15 is 0 Å². The van der Waals surface area contributed by atoms with E-state index in [2.05, 4.69) is 4.98 Å². The minimum atomic E-state index is -1.31. The number of carboxylic acid groups (broad SMARTS) is 1. The van der Waals surface area contributed by atoms with Crippen LogP contribution in [0.4, 0.5) is 0 Å². The fraction of sp³-hybridized carbons (Fsp3) is 0.286. The molecule has 0 bridgehead atoms. The molecule has 1 atom stereocenters. The van der Waals surface area contributed by atoms with Crippen LogP contribution in [-0.4, -0.2) is 20.6 Å². The number of aliphatic carboxylic acids is 1. The number of hydrogen-bond acceptors (Lipinski definition) is 4. The molecule has 0 amide bonds. The maximum atomic E-state index is 11.3. The van der Waals surface area contributed by atoms with Crippen molar-refractivity contribution in [2.45, 2.75) is 6.04 Å². The van der Waals surface area contributed by atoms with Gasteiger partial charge in [-0.05, 0) is 0 Å². The van der Waals surface area contributed by atoms with E-state index in [1.54, 1.807) is 0 Å². The fourth-order valence-corrected chi connectivity index (χ4v) is 0.871. The highest BCUT2D eigenvalue weighted by Crippen LogP contribution is 2.01. The van der Waals surface area contributed by atoms with Crippen LogP contribution in [0.5, 0.6) is 0 Å². The van der Waals surface area contributed by atoms with E-state index in [9.17, 15) is 9.59 Å². The van der Waals surface area contributed by atoms with Crippen LogP contribution in [0.15, 0.2) is 17.3 Å². The lowest BCUT2D eigenvalue weighted by atomic mass is 10.1. The van der Waals surface area contributed by atoms with Crippen molar-refractivity contribution in [1.82, 2.24) is 9.55 Å². The number of nitrogens with two attached hydrogens (primary N) is 1. The molecule has 0 aliphatic rings. The first-order valence-corrected chi connectivity index (χ1v) is 3.53. The van der Waals surface area contributed by atoms with Crippen LogP contribution in [0.25, 0.3) is 0 Å².